The van der Waals surface area contributed by atoms with Gasteiger partial charge in [-0.25, -0.2) is 0 Å². The van der Waals surface area contributed by atoms with Gasteiger partial charge in [-0.1, -0.05) is 0 Å². The van der Waals surface area contributed by atoms with Crippen LogP contribution in [-0.2, 0) is 11.2 Å². The number of rotatable bonds is 7. The first-order valence-electron chi connectivity index (χ1n) is 11.6. The summed E-state index contributed by atoms with van der Waals surface area (Å²) in [5, 5.41) is 3.13. The highest BCUT2D eigenvalue weighted by molar-refractivity contribution is 5.89. The molecule has 1 fully saturated rings. The van der Waals surface area contributed by atoms with E-state index in [2.05, 4.69) is 10.2 Å². The maximum Gasteiger partial charge on any atom is 0.241 e. The van der Waals surface area contributed by atoms with E-state index in [4.69, 9.17) is 28.4 Å². The molecule has 0 aliphatic carbocycles. The van der Waals surface area contributed by atoms with Crippen molar-refractivity contribution >= 4 is 12.0 Å². The van der Waals surface area contributed by atoms with Crippen LogP contribution in [0.25, 0.3) is 6.08 Å². The average Bonchev–Trinajstić information content (AvgIpc) is 2.86. The first-order chi connectivity index (χ1) is 17.3. The number of carbonyl (C=O) groups excluding carboxylic acids is 1. The van der Waals surface area contributed by atoms with E-state index in [1.54, 1.807) is 42.7 Å². The van der Waals surface area contributed by atoms with Gasteiger partial charge in [0.1, 0.15) is 11.5 Å². The first kappa shape index (κ1) is 25.5. The molecule has 2 bridgehead atoms. The van der Waals surface area contributed by atoms with Gasteiger partial charge < -0.3 is 33.7 Å². The summed E-state index contributed by atoms with van der Waals surface area (Å²) in [6, 6.07) is 1.15. The number of likely N-dealkylation sites (N-methyl/N-ethyl adjacent to an activating group) is 1. The van der Waals surface area contributed by atoms with Crippen molar-refractivity contribution < 1.29 is 33.2 Å². The molecule has 0 saturated carbocycles. The second kappa shape index (κ2) is 9.81. The van der Waals surface area contributed by atoms with Gasteiger partial charge in [0.25, 0.3) is 0 Å². The highest BCUT2D eigenvalue weighted by Gasteiger charge is 2.46. The Kier molecular flexibility index (Phi) is 6.95. The SMILES string of the molecule is COc1cc(/C=C2\NC(=O)C3Cc4c(OC)c(C)c(OC)c(OC)c4C2N3C)c(OC)c(C)c1OC. The lowest BCUT2D eigenvalue weighted by molar-refractivity contribution is -0.128. The largest absolute Gasteiger partial charge is 0.496 e. The average molecular weight is 499 g/mol. The Balaban J connectivity index is 2.02. The minimum atomic E-state index is -0.361. The lowest BCUT2D eigenvalue weighted by Crippen LogP contribution is -2.57. The van der Waals surface area contributed by atoms with E-state index in [1.807, 2.05) is 33.0 Å². The zero-order valence-corrected chi connectivity index (χ0v) is 22.3. The molecule has 9 nitrogen and oxygen atoms in total. The van der Waals surface area contributed by atoms with E-state index >= 15 is 0 Å². The van der Waals surface area contributed by atoms with Crippen molar-refractivity contribution in [2.24, 2.45) is 0 Å². The Labute approximate surface area is 211 Å². The van der Waals surface area contributed by atoms with Crippen molar-refractivity contribution in [1.29, 1.82) is 0 Å². The molecule has 0 spiro atoms. The smallest absolute Gasteiger partial charge is 0.241 e. The van der Waals surface area contributed by atoms with Gasteiger partial charge in [0.2, 0.25) is 5.91 Å². The van der Waals surface area contributed by atoms with Crippen molar-refractivity contribution in [1.82, 2.24) is 10.2 Å². The third-order valence-corrected chi connectivity index (χ3v) is 7.17. The Morgan fingerprint density at radius 3 is 1.97 bits per heavy atom. The molecule has 2 aromatic carbocycles. The van der Waals surface area contributed by atoms with E-state index in [-0.39, 0.29) is 18.0 Å². The molecule has 36 heavy (non-hydrogen) atoms. The van der Waals surface area contributed by atoms with Crippen LogP contribution in [0.2, 0.25) is 0 Å². The molecule has 9 heteroatoms. The van der Waals surface area contributed by atoms with Gasteiger partial charge in [-0.15, -0.1) is 0 Å². The molecule has 0 aromatic heterocycles. The molecule has 1 amide bonds. The summed E-state index contributed by atoms with van der Waals surface area (Å²) < 4.78 is 34.4. The minimum absolute atomic E-state index is 0.0868. The van der Waals surface area contributed by atoms with Crippen LogP contribution >= 0.6 is 0 Å². The van der Waals surface area contributed by atoms with Gasteiger partial charge in [-0.05, 0) is 33.0 Å². The lowest BCUT2D eigenvalue weighted by Gasteiger charge is -2.46. The predicted molar refractivity (Wildman–Crippen MR) is 136 cm³/mol. The number of hydrogen-bond donors (Lipinski definition) is 1. The van der Waals surface area contributed by atoms with Gasteiger partial charge in [0.15, 0.2) is 23.0 Å². The molecule has 0 radical (unpaired) electrons. The Morgan fingerprint density at radius 2 is 1.42 bits per heavy atom. The molecule has 194 valence electrons. The van der Waals surface area contributed by atoms with Crippen molar-refractivity contribution in [3.8, 4) is 34.5 Å². The lowest BCUT2D eigenvalue weighted by atomic mass is 9.81. The number of amides is 1. The molecular formula is C27H34N2O7. The second-order valence-corrected chi connectivity index (χ2v) is 8.85. The number of nitrogens with zero attached hydrogens (tertiary/aromatic N) is 1. The van der Waals surface area contributed by atoms with E-state index in [0.717, 1.165) is 27.8 Å². The zero-order chi connectivity index (χ0) is 26.3. The van der Waals surface area contributed by atoms with Crippen LogP contribution in [0.1, 0.15) is 33.9 Å². The summed E-state index contributed by atoms with van der Waals surface area (Å²) in [5.74, 6) is 3.64. The van der Waals surface area contributed by atoms with Gasteiger partial charge in [-0.2, -0.15) is 0 Å². The van der Waals surface area contributed by atoms with Crippen LogP contribution in [0.15, 0.2) is 11.8 Å². The molecular weight excluding hydrogens is 464 g/mol. The molecule has 2 heterocycles. The number of methoxy groups -OCH3 is 6. The van der Waals surface area contributed by atoms with E-state index in [0.29, 0.717) is 46.6 Å². The van der Waals surface area contributed by atoms with Crippen LogP contribution in [-0.4, -0.2) is 66.6 Å². The quantitative estimate of drug-likeness (QED) is 0.622. The molecule has 2 aliphatic heterocycles. The van der Waals surface area contributed by atoms with E-state index < -0.39 is 0 Å². The highest BCUT2D eigenvalue weighted by atomic mass is 16.5. The summed E-state index contributed by atoms with van der Waals surface area (Å²) in [6.07, 6.45) is 2.40. The molecule has 2 unspecified atom stereocenters. The monoisotopic (exact) mass is 498 g/mol. The highest BCUT2D eigenvalue weighted by Crippen LogP contribution is 2.53. The van der Waals surface area contributed by atoms with Gasteiger partial charge in [0, 0.05) is 39.9 Å². The maximum atomic E-state index is 13.3. The maximum absolute atomic E-state index is 13.3. The Morgan fingerprint density at radius 1 is 0.833 bits per heavy atom. The third kappa shape index (κ3) is 3.69. The molecule has 4 rings (SSSR count). The third-order valence-electron chi connectivity index (χ3n) is 7.17. The van der Waals surface area contributed by atoms with E-state index in [9.17, 15) is 4.79 Å². The van der Waals surface area contributed by atoms with Gasteiger partial charge >= 0.3 is 0 Å². The summed E-state index contributed by atoms with van der Waals surface area (Å²) in [7, 11) is 11.6. The Hall–Kier alpha value is -3.59. The second-order valence-electron chi connectivity index (χ2n) is 8.85. The fourth-order valence-electron chi connectivity index (χ4n) is 5.61. The zero-order valence-electron chi connectivity index (χ0n) is 22.3. The van der Waals surface area contributed by atoms with Crippen LogP contribution < -0.4 is 33.7 Å². The van der Waals surface area contributed by atoms with Crippen molar-refractivity contribution in [3.05, 3.63) is 39.6 Å². The number of piperazine rings is 1. The van der Waals surface area contributed by atoms with Crippen LogP contribution in [0.5, 0.6) is 34.5 Å². The van der Waals surface area contributed by atoms with Crippen LogP contribution in [0.4, 0.5) is 0 Å². The molecule has 2 atom stereocenters. The number of nitrogens with one attached hydrogen (secondary N) is 1. The molecule has 2 aromatic rings. The summed E-state index contributed by atoms with van der Waals surface area (Å²) in [4.78, 5) is 15.3. The standard InChI is InChI=1S/C27H34N2O7/c1-13-22(32-5)15(11-19(31-4)24(13)34-7)10-17-21-20-16(12-18(29(21)3)27(30)28-17)23(33-6)14(2)25(35-8)26(20)36-9/h10-11,18,21H,12H2,1-9H3,(H,28,30)/b17-10-. The predicted octanol–water partition coefficient (Wildman–Crippen LogP) is 3.42. The summed E-state index contributed by atoms with van der Waals surface area (Å²) in [5.41, 5.74) is 4.89. The molecule has 2 aliphatic rings. The van der Waals surface area contributed by atoms with Crippen molar-refractivity contribution in [3.63, 3.8) is 0 Å². The summed E-state index contributed by atoms with van der Waals surface area (Å²) in [6.45, 7) is 3.84. The van der Waals surface area contributed by atoms with Crippen LogP contribution in [0, 0.1) is 13.8 Å². The number of carbonyl (C=O) groups is 1. The number of hydrogen-bond acceptors (Lipinski definition) is 8. The summed E-state index contributed by atoms with van der Waals surface area (Å²) >= 11 is 0. The fraction of sp³-hybridized carbons (Fsp3) is 0.444. The minimum Gasteiger partial charge on any atom is -0.496 e. The fourth-order valence-corrected chi connectivity index (χ4v) is 5.61. The number of fused-ring (bicyclic) bond motifs is 4. The molecule has 1 saturated heterocycles. The number of ether oxygens (including phenoxy) is 6. The normalized spacial score (nSPS) is 19.9. The van der Waals surface area contributed by atoms with Gasteiger partial charge in [-0.3, -0.25) is 9.69 Å². The molecule has 1 N–H and O–H groups in total. The van der Waals surface area contributed by atoms with Gasteiger partial charge in [0.05, 0.1) is 54.7 Å². The Bertz CT molecular complexity index is 1240. The van der Waals surface area contributed by atoms with Crippen molar-refractivity contribution in [2.45, 2.75) is 32.4 Å². The van der Waals surface area contributed by atoms with E-state index in [1.165, 1.54) is 0 Å². The number of benzene rings is 2. The topological polar surface area (TPSA) is 87.7 Å². The van der Waals surface area contributed by atoms with Crippen molar-refractivity contribution in [2.75, 3.05) is 49.7 Å². The first-order valence-corrected chi connectivity index (χ1v) is 11.6. The van der Waals surface area contributed by atoms with Crippen LogP contribution in [0.3, 0.4) is 0 Å².